The number of nitrogens with two attached hydrogens (primary N) is 1. The van der Waals surface area contributed by atoms with Gasteiger partial charge < -0.3 is 15.2 Å². The van der Waals surface area contributed by atoms with E-state index in [0.717, 1.165) is 11.3 Å². The fourth-order valence-electron chi connectivity index (χ4n) is 1.72. The number of methoxy groups -OCH3 is 1. The minimum Gasteiger partial charge on any atom is -0.497 e. The van der Waals surface area contributed by atoms with Crippen LogP contribution in [0.15, 0.2) is 42.5 Å². The van der Waals surface area contributed by atoms with E-state index in [4.69, 9.17) is 20.6 Å². The summed E-state index contributed by atoms with van der Waals surface area (Å²) < 4.78 is 23.8. The summed E-state index contributed by atoms with van der Waals surface area (Å²) >= 11 is 0. The predicted molar refractivity (Wildman–Crippen MR) is 74.7 cm³/mol. The highest BCUT2D eigenvalue weighted by molar-refractivity contribution is 5.97. The summed E-state index contributed by atoms with van der Waals surface area (Å²) in [5.74, 6) is 0.468. The van der Waals surface area contributed by atoms with Crippen molar-refractivity contribution in [2.45, 2.75) is 6.61 Å². The Morgan fingerprint density at radius 1 is 1.20 bits per heavy atom. The number of halogens is 1. The van der Waals surface area contributed by atoms with Crippen molar-refractivity contribution in [3.63, 3.8) is 0 Å². The number of benzene rings is 2. The number of hydrogen-bond donors (Lipinski definition) is 2. The summed E-state index contributed by atoms with van der Waals surface area (Å²) in [4.78, 5) is 0. The van der Waals surface area contributed by atoms with Crippen LogP contribution in [0.1, 0.15) is 11.1 Å². The minimum absolute atomic E-state index is 0.228. The summed E-state index contributed by atoms with van der Waals surface area (Å²) in [6.07, 6.45) is 0. The summed E-state index contributed by atoms with van der Waals surface area (Å²) in [6, 6.07) is 11.3. The molecule has 0 unspecified atom stereocenters. The minimum atomic E-state index is -0.452. The van der Waals surface area contributed by atoms with E-state index in [1.165, 1.54) is 18.2 Å². The molecule has 2 rings (SSSR count). The highest BCUT2D eigenvalue weighted by Gasteiger charge is 2.08. The molecule has 5 heteroatoms. The molecule has 0 aliphatic heterocycles. The van der Waals surface area contributed by atoms with E-state index in [1.54, 1.807) is 7.11 Å². The molecule has 2 aromatic rings. The zero-order valence-electron chi connectivity index (χ0n) is 11.0. The first-order valence-electron chi connectivity index (χ1n) is 6.00. The quantitative estimate of drug-likeness (QED) is 0.650. The lowest BCUT2D eigenvalue weighted by atomic mass is 10.1. The van der Waals surface area contributed by atoms with E-state index in [-0.39, 0.29) is 11.4 Å². The van der Waals surface area contributed by atoms with Gasteiger partial charge in [0.25, 0.3) is 0 Å². The van der Waals surface area contributed by atoms with Crippen LogP contribution in [-0.2, 0) is 6.61 Å². The van der Waals surface area contributed by atoms with Crippen molar-refractivity contribution in [1.82, 2.24) is 0 Å². The molecule has 0 fully saturated rings. The van der Waals surface area contributed by atoms with Gasteiger partial charge in [-0.1, -0.05) is 12.1 Å². The maximum atomic E-state index is 13.1. The van der Waals surface area contributed by atoms with Crippen LogP contribution < -0.4 is 15.2 Å². The molecule has 0 radical (unpaired) electrons. The van der Waals surface area contributed by atoms with Crippen LogP contribution >= 0.6 is 0 Å². The van der Waals surface area contributed by atoms with Crippen LogP contribution in [0.3, 0.4) is 0 Å². The van der Waals surface area contributed by atoms with Gasteiger partial charge in [-0.2, -0.15) is 0 Å². The van der Waals surface area contributed by atoms with Crippen LogP contribution in [0.2, 0.25) is 0 Å². The van der Waals surface area contributed by atoms with E-state index in [0.29, 0.717) is 12.4 Å². The lowest BCUT2D eigenvalue weighted by Crippen LogP contribution is -2.13. The summed E-state index contributed by atoms with van der Waals surface area (Å²) in [5, 5.41) is 7.42. The molecule has 4 nitrogen and oxygen atoms in total. The second-order valence-corrected chi connectivity index (χ2v) is 4.19. The highest BCUT2D eigenvalue weighted by Crippen LogP contribution is 2.21. The third kappa shape index (κ3) is 3.26. The Bertz CT molecular complexity index is 612. The van der Waals surface area contributed by atoms with Gasteiger partial charge in [-0.15, -0.1) is 0 Å². The molecular weight excluding hydrogens is 259 g/mol. The third-order valence-electron chi connectivity index (χ3n) is 2.79. The van der Waals surface area contributed by atoms with Crippen molar-refractivity contribution in [1.29, 1.82) is 5.41 Å². The normalized spacial score (nSPS) is 10.1. The van der Waals surface area contributed by atoms with Crippen LogP contribution in [-0.4, -0.2) is 12.9 Å². The van der Waals surface area contributed by atoms with Crippen molar-refractivity contribution >= 4 is 5.84 Å². The zero-order chi connectivity index (χ0) is 14.5. The molecule has 0 saturated heterocycles. The highest BCUT2D eigenvalue weighted by atomic mass is 19.1. The molecule has 0 saturated carbocycles. The molecular formula is C15H15FN2O2. The van der Waals surface area contributed by atoms with Crippen LogP contribution in [0.4, 0.5) is 4.39 Å². The Kier molecular flexibility index (Phi) is 4.20. The molecule has 0 aliphatic rings. The van der Waals surface area contributed by atoms with Gasteiger partial charge in [-0.3, -0.25) is 5.41 Å². The number of ether oxygens (including phenoxy) is 2. The molecule has 2 aromatic carbocycles. The average Bonchev–Trinajstić information content (AvgIpc) is 2.46. The van der Waals surface area contributed by atoms with Crippen molar-refractivity contribution in [2.75, 3.05) is 7.11 Å². The first-order valence-corrected chi connectivity index (χ1v) is 6.00. The molecule has 3 N–H and O–H groups in total. The standard InChI is InChI=1S/C15H15FN2O2/c1-19-12-5-2-10(3-6-12)9-20-14-7-4-11(16)8-13(14)15(17)18/h2-8H,9H2,1H3,(H3,17,18). The van der Waals surface area contributed by atoms with Crippen LogP contribution in [0, 0.1) is 11.2 Å². The van der Waals surface area contributed by atoms with Gasteiger partial charge in [0.2, 0.25) is 0 Å². The lowest BCUT2D eigenvalue weighted by Gasteiger charge is -2.11. The monoisotopic (exact) mass is 274 g/mol. The molecule has 104 valence electrons. The fourth-order valence-corrected chi connectivity index (χ4v) is 1.72. The second kappa shape index (κ2) is 6.06. The summed E-state index contributed by atoms with van der Waals surface area (Å²) in [5.41, 5.74) is 6.59. The van der Waals surface area contributed by atoms with Crippen molar-refractivity contribution in [3.8, 4) is 11.5 Å². The number of nitrogens with one attached hydrogen (secondary N) is 1. The first kappa shape index (κ1) is 13.9. The fraction of sp³-hybridized carbons (Fsp3) is 0.133. The first-order chi connectivity index (χ1) is 9.60. The van der Waals surface area contributed by atoms with Crippen molar-refractivity contribution in [3.05, 3.63) is 59.4 Å². The van der Waals surface area contributed by atoms with Gasteiger partial charge in [-0.05, 0) is 35.9 Å². The molecule has 0 amide bonds. The Morgan fingerprint density at radius 2 is 1.90 bits per heavy atom. The van der Waals surface area contributed by atoms with E-state index >= 15 is 0 Å². The predicted octanol–water partition coefficient (Wildman–Crippen LogP) is 2.70. The molecule has 0 bridgehead atoms. The summed E-state index contributed by atoms with van der Waals surface area (Å²) in [7, 11) is 1.60. The molecule has 20 heavy (non-hydrogen) atoms. The molecule has 0 spiro atoms. The van der Waals surface area contributed by atoms with Crippen molar-refractivity contribution < 1.29 is 13.9 Å². The van der Waals surface area contributed by atoms with E-state index in [9.17, 15) is 4.39 Å². The number of nitrogen functional groups attached to an aromatic ring is 1. The second-order valence-electron chi connectivity index (χ2n) is 4.19. The number of rotatable bonds is 5. The van der Waals surface area contributed by atoms with Crippen molar-refractivity contribution in [2.24, 2.45) is 5.73 Å². The van der Waals surface area contributed by atoms with Gasteiger partial charge in [0.05, 0.1) is 12.7 Å². The van der Waals surface area contributed by atoms with Crippen LogP contribution in [0.5, 0.6) is 11.5 Å². The maximum Gasteiger partial charge on any atom is 0.130 e. The van der Waals surface area contributed by atoms with Crippen LogP contribution in [0.25, 0.3) is 0 Å². The Morgan fingerprint density at radius 3 is 2.50 bits per heavy atom. The van der Waals surface area contributed by atoms with Gasteiger partial charge in [0, 0.05) is 0 Å². The van der Waals surface area contributed by atoms with Gasteiger partial charge in [0.15, 0.2) is 0 Å². The molecule has 0 atom stereocenters. The van der Waals surface area contributed by atoms with E-state index in [1.807, 2.05) is 24.3 Å². The Labute approximate surface area is 116 Å². The average molecular weight is 274 g/mol. The van der Waals surface area contributed by atoms with E-state index in [2.05, 4.69) is 0 Å². The largest absolute Gasteiger partial charge is 0.497 e. The Hall–Kier alpha value is -2.56. The maximum absolute atomic E-state index is 13.1. The lowest BCUT2D eigenvalue weighted by molar-refractivity contribution is 0.305. The Balaban J connectivity index is 2.12. The summed E-state index contributed by atoms with van der Waals surface area (Å²) in [6.45, 7) is 0.301. The van der Waals surface area contributed by atoms with Gasteiger partial charge in [0.1, 0.15) is 29.8 Å². The number of amidine groups is 1. The van der Waals surface area contributed by atoms with E-state index < -0.39 is 5.82 Å². The van der Waals surface area contributed by atoms with Gasteiger partial charge in [-0.25, -0.2) is 4.39 Å². The smallest absolute Gasteiger partial charge is 0.130 e. The SMILES string of the molecule is COc1ccc(COc2ccc(F)cc2C(=N)N)cc1. The topological polar surface area (TPSA) is 68.3 Å². The zero-order valence-corrected chi connectivity index (χ0v) is 11.0. The van der Waals surface area contributed by atoms with Gasteiger partial charge >= 0.3 is 0 Å². The third-order valence-corrected chi connectivity index (χ3v) is 2.79. The molecule has 0 heterocycles. The molecule has 0 aliphatic carbocycles. The molecule has 0 aromatic heterocycles. The number of hydrogen-bond acceptors (Lipinski definition) is 3.